The third-order valence-corrected chi connectivity index (χ3v) is 7.84. The summed E-state index contributed by atoms with van der Waals surface area (Å²) in [7, 11) is 3.56. The molecular weight excluding hydrogens is 581 g/mol. The van der Waals surface area contributed by atoms with Gasteiger partial charge in [-0.05, 0) is 56.3 Å². The lowest BCUT2D eigenvalue weighted by Crippen LogP contribution is -2.19. The summed E-state index contributed by atoms with van der Waals surface area (Å²) in [4.78, 5) is 21.8. The summed E-state index contributed by atoms with van der Waals surface area (Å²) in [6.45, 7) is 1.87. The highest BCUT2D eigenvalue weighted by Crippen LogP contribution is 2.35. The van der Waals surface area contributed by atoms with Gasteiger partial charge in [0.1, 0.15) is 23.1 Å². The predicted octanol–water partition coefficient (Wildman–Crippen LogP) is 6.82. The van der Waals surface area contributed by atoms with Gasteiger partial charge in [0.25, 0.3) is 0 Å². The molecule has 2 aromatic heterocycles. The first kappa shape index (κ1) is 30.1. The molecule has 0 radical (unpaired) electrons. The topological polar surface area (TPSA) is 93.5 Å². The molecule has 5 rings (SSSR count). The summed E-state index contributed by atoms with van der Waals surface area (Å²) in [5, 5.41) is 4.34. The van der Waals surface area contributed by atoms with Crippen LogP contribution in [0, 0.1) is 0 Å². The lowest BCUT2D eigenvalue weighted by molar-refractivity contribution is -0.137. The normalized spacial score (nSPS) is 11.7. The maximum Gasteiger partial charge on any atom is 0.439 e. The van der Waals surface area contributed by atoms with Gasteiger partial charge in [-0.25, -0.2) is 9.78 Å². The van der Waals surface area contributed by atoms with Crippen molar-refractivity contribution in [2.45, 2.75) is 32.2 Å². The number of alkyl halides is 3. The van der Waals surface area contributed by atoms with Gasteiger partial charge in [0, 0.05) is 18.2 Å². The number of rotatable bonds is 12. The van der Waals surface area contributed by atoms with E-state index in [2.05, 4.69) is 38.7 Å². The summed E-state index contributed by atoms with van der Waals surface area (Å²) in [6.07, 6.45) is -2.89. The standard InChI is InChI=1S/C31H29F3N4O4S/c1-38(18-20-7-4-3-5-8-20)16-6-9-25-27(43-29(35-25)21-10-12-22(13-11-21)31(32,33)34)19-41-23-14-15-24(26(17-23)40-2)28-36-30(39)42-37-28/h3-5,7-8,10-15,17H,6,9,16,18-19H2,1-2H3,(H,36,37,39). The van der Waals surface area contributed by atoms with Gasteiger partial charge in [-0.15, -0.1) is 11.3 Å². The molecule has 0 atom stereocenters. The van der Waals surface area contributed by atoms with E-state index < -0.39 is 17.5 Å². The molecule has 43 heavy (non-hydrogen) atoms. The second-order valence-electron chi connectivity index (χ2n) is 9.89. The minimum atomic E-state index is -4.41. The third kappa shape index (κ3) is 7.70. The van der Waals surface area contributed by atoms with E-state index in [9.17, 15) is 18.0 Å². The van der Waals surface area contributed by atoms with Gasteiger partial charge in [0.15, 0.2) is 5.82 Å². The maximum absolute atomic E-state index is 13.1. The van der Waals surface area contributed by atoms with Crippen LogP contribution in [0.3, 0.4) is 0 Å². The number of benzene rings is 3. The molecule has 0 aliphatic carbocycles. The maximum atomic E-state index is 13.1. The smallest absolute Gasteiger partial charge is 0.439 e. The molecule has 5 aromatic rings. The van der Waals surface area contributed by atoms with Crippen LogP contribution < -0.4 is 15.2 Å². The van der Waals surface area contributed by atoms with E-state index in [-0.39, 0.29) is 12.4 Å². The van der Waals surface area contributed by atoms with Crippen molar-refractivity contribution in [1.82, 2.24) is 20.0 Å². The summed E-state index contributed by atoms with van der Waals surface area (Å²) in [5.74, 6) is 0.504. The molecule has 0 unspecified atom stereocenters. The molecular formula is C31H29F3N4O4S. The Morgan fingerprint density at radius 2 is 1.81 bits per heavy atom. The number of aromatic amines is 1. The molecule has 12 heteroatoms. The van der Waals surface area contributed by atoms with Crippen LogP contribution in [0.2, 0.25) is 0 Å². The van der Waals surface area contributed by atoms with Crippen molar-refractivity contribution in [1.29, 1.82) is 0 Å². The Balaban J connectivity index is 1.32. The Labute approximate surface area is 249 Å². The fraction of sp³-hybridized carbons (Fsp3) is 0.258. The predicted molar refractivity (Wildman–Crippen MR) is 157 cm³/mol. The van der Waals surface area contributed by atoms with Crippen molar-refractivity contribution >= 4 is 11.3 Å². The van der Waals surface area contributed by atoms with Gasteiger partial charge in [0.05, 0.1) is 28.8 Å². The highest BCUT2D eigenvalue weighted by Gasteiger charge is 2.30. The second kappa shape index (κ2) is 13.3. The first-order valence-corrected chi connectivity index (χ1v) is 14.3. The minimum absolute atomic E-state index is 0.205. The van der Waals surface area contributed by atoms with Crippen LogP contribution in [0.5, 0.6) is 11.5 Å². The second-order valence-corrected chi connectivity index (χ2v) is 11.0. The number of hydrogen-bond donors (Lipinski definition) is 1. The number of nitrogens with zero attached hydrogens (tertiary/aromatic N) is 3. The van der Waals surface area contributed by atoms with E-state index in [4.69, 9.17) is 14.5 Å². The van der Waals surface area contributed by atoms with E-state index in [0.717, 1.165) is 42.2 Å². The van der Waals surface area contributed by atoms with Crippen molar-refractivity contribution in [2.24, 2.45) is 0 Å². The largest absolute Gasteiger partial charge is 0.496 e. The Kier molecular flexibility index (Phi) is 9.27. The quantitative estimate of drug-likeness (QED) is 0.166. The fourth-order valence-electron chi connectivity index (χ4n) is 4.56. The molecule has 0 saturated heterocycles. The molecule has 224 valence electrons. The van der Waals surface area contributed by atoms with Gasteiger partial charge < -0.3 is 14.4 Å². The summed E-state index contributed by atoms with van der Waals surface area (Å²) in [6, 6.07) is 20.4. The van der Waals surface area contributed by atoms with Crippen molar-refractivity contribution < 1.29 is 27.2 Å². The number of methoxy groups -OCH3 is 1. The molecule has 0 aliphatic heterocycles. The van der Waals surface area contributed by atoms with E-state index in [1.807, 2.05) is 18.2 Å². The minimum Gasteiger partial charge on any atom is -0.496 e. The lowest BCUT2D eigenvalue weighted by Gasteiger charge is -2.16. The number of aromatic nitrogens is 3. The van der Waals surface area contributed by atoms with Gasteiger partial charge in [-0.2, -0.15) is 13.2 Å². The molecule has 0 saturated carbocycles. The van der Waals surface area contributed by atoms with Crippen molar-refractivity contribution in [3.63, 3.8) is 0 Å². The highest BCUT2D eigenvalue weighted by molar-refractivity contribution is 7.15. The average Bonchev–Trinajstić information content (AvgIpc) is 3.62. The number of aryl methyl sites for hydroxylation is 1. The SMILES string of the molecule is COc1cc(OCc2sc(-c3ccc(C(F)(F)F)cc3)nc2CCCN(C)Cc2ccccc2)ccc1-c1noc(=O)[nH]1. The number of nitrogens with one attached hydrogen (secondary N) is 1. The van der Waals surface area contributed by atoms with E-state index in [0.29, 0.717) is 34.1 Å². The highest BCUT2D eigenvalue weighted by atomic mass is 32.1. The van der Waals surface area contributed by atoms with Crippen LogP contribution in [0.4, 0.5) is 13.2 Å². The zero-order chi connectivity index (χ0) is 30.4. The Morgan fingerprint density at radius 3 is 2.49 bits per heavy atom. The fourth-order valence-corrected chi connectivity index (χ4v) is 5.59. The van der Waals surface area contributed by atoms with E-state index >= 15 is 0 Å². The van der Waals surface area contributed by atoms with E-state index in [1.54, 1.807) is 18.2 Å². The molecule has 0 spiro atoms. The summed E-state index contributed by atoms with van der Waals surface area (Å²) >= 11 is 1.40. The number of halogens is 3. The van der Waals surface area contributed by atoms with E-state index in [1.165, 1.54) is 36.1 Å². The molecule has 0 fully saturated rings. The molecule has 0 aliphatic rings. The molecule has 2 heterocycles. The van der Waals surface area contributed by atoms with Crippen LogP contribution >= 0.6 is 11.3 Å². The number of thiazole rings is 1. The van der Waals surface area contributed by atoms with Crippen LogP contribution in [0.1, 0.15) is 28.1 Å². The van der Waals surface area contributed by atoms with Gasteiger partial charge in [-0.1, -0.05) is 47.6 Å². The molecule has 8 nitrogen and oxygen atoms in total. The third-order valence-electron chi connectivity index (χ3n) is 6.72. The van der Waals surface area contributed by atoms with Crippen LogP contribution in [-0.2, 0) is 25.7 Å². The zero-order valence-electron chi connectivity index (χ0n) is 23.5. The Morgan fingerprint density at radius 1 is 1.05 bits per heavy atom. The van der Waals surface area contributed by atoms with Crippen molar-refractivity contribution in [2.75, 3.05) is 20.7 Å². The molecule has 0 bridgehead atoms. The molecule has 0 amide bonds. The van der Waals surface area contributed by atoms with Crippen molar-refractivity contribution in [3.05, 3.63) is 105 Å². The number of hydrogen-bond acceptors (Lipinski definition) is 8. The lowest BCUT2D eigenvalue weighted by atomic mass is 10.1. The Bertz CT molecular complexity index is 1700. The first-order valence-electron chi connectivity index (χ1n) is 13.5. The molecule has 3 aromatic carbocycles. The van der Waals surface area contributed by atoms with Crippen molar-refractivity contribution in [3.8, 4) is 33.5 Å². The van der Waals surface area contributed by atoms with Crippen LogP contribution in [-0.4, -0.2) is 40.7 Å². The van der Waals surface area contributed by atoms with Gasteiger partial charge >= 0.3 is 11.9 Å². The van der Waals surface area contributed by atoms with Crippen LogP contribution in [0.25, 0.3) is 22.0 Å². The monoisotopic (exact) mass is 610 g/mol. The summed E-state index contributed by atoms with van der Waals surface area (Å²) in [5.41, 5.74) is 2.51. The molecule has 1 N–H and O–H groups in total. The zero-order valence-corrected chi connectivity index (χ0v) is 24.3. The van der Waals surface area contributed by atoms with Gasteiger partial charge in [0.2, 0.25) is 0 Å². The average molecular weight is 611 g/mol. The first-order chi connectivity index (χ1) is 20.7. The number of ether oxygens (including phenoxy) is 2. The van der Waals surface area contributed by atoms with Crippen LogP contribution in [0.15, 0.2) is 82.1 Å². The number of H-pyrrole nitrogens is 1. The van der Waals surface area contributed by atoms with Gasteiger partial charge in [-0.3, -0.25) is 9.51 Å². The summed E-state index contributed by atoms with van der Waals surface area (Å²) < 4.78 is 55.5. The Hall–Kier alpha value is -4.42.